The molecular formula is C27H51N2+. The second kappa shape index (κ2) is 30.6. The molecule has 0 amide bonds. The summed E-state index contributed by atoms with van der Waals surface area (Å²) in [6.45, 7) is 23.8. The molecule has 0 radical (unpaired) electrons. The van der Waals surface area contributed by atoms with E-state index >= 15 is 0 Å². The van der Waals surface area contributed by atoms with Gasteiger partial charge in [0.15, 0.2) is 12.4 Å². The lowest BCUT2D eigenvalue weighted by molar-refractivity contribution is -0.697. The van der Waals surface area contributed by atoms with Crippen LogP contribution in [0.5, 0.6) is 0 Å². The van der Waals surface area contributed by atoms with Crippen molar-refractivity contribution in [2.24, 2.45) is 0 Å². The molecule has 1 heterocycles. The fourth-order valence-electron chi connectivity index (χ4n) is 1.38. The smallest absolute Gasteiger partial charge is 0.168 e. The minimum Gasteiger partial charge on any atom is -0.399 e. The molecule has 0 saturated heterocycles. The van der Waals surface area contributed by atoms with Crippen LogP contribution in [0, 0.1) is 0 Å². The van der Waals surface area contributed by atoms with E-state index in [0.29, 0.717) is 0 Å². The molecule has 2 N–H and O–H groups in total. The lowest BCUT2D eigenvalue weighted by Gasteiger charge is -1.91. The van der Waals surface area contributed by atoms with Gasteiger partial charge in [-0.1, -0.05) is 90.3 Å². The number of benzene rings is 1. The van der Waals surface area contributed by atoms with Crippen LogP contribution in [0.3, 0.4) is 0 Å². The Balaban J connectivity index is -0.000000147. The molecule has 0 spiro atoms. The van der Waals surface area contributed by atoms with Gasteiger partial charge in [0, 0.05) is 24.2 Å². The van der Waals surface area contributed by atoms with Crippen LogP contribution in [0.1, 0.15) is 89.0 Å². The molecule has 0 bridgehead atoms. The van der Waals surface area contributed by atoms with Gasteiger partial charge in [-0.25, -0.2) is 4.57 Å². The van der Waals surface area contributed by atoms with Gasteiger partial charge in [-0.15, -0.1) is 0 Å². The SMILES string of the molecule is CC.CC.CC.CC(C)=C(C)C.CCCC[n+]1ccccc1.Nc1ccccc1. The van der Waals surface area contributed by atoms with Crippen molar-refractivity contribution in [3.05, 3.63) is 72.1 Å². The highest BCUT2D eigenvalue weighted by atomic mass is 14.9. The van der Waals surface area contributed by atoms with E-state index in [-0.39, 0.29) is 0 Å². The molecule has 0 fully saturated rings. The van der Waals surface area contributed by atoms with Gasteiger partial charge < -0.3 is 5.73 Å². The number of aryl methyl sites for hydroxylation is 1. The summed E-state index contributed by atoms with van der Waals surface area (Å²) in [7, 11) is 0. The van der Waals surface area contributed by atoms with Crippen LogP contribution in [0.15, 0.2) is 72.1 Å². The van der Waals surface area contributed by atoms with Crippen molar-refractivity contribution in [1.29, 1.82) is 0 Å². The Morgan fingerprint density at radius 2 is 1.07 bits per heavy atom. The fourth-order valence-corrected chi connectivity index (χ4v) is 1.38. The molecular weight excluding hydrogens is 352 g/mol. The predicted octanol–water partition coefficient (Wildman–Crippen LogP) is 8.48. The molecule has 0 aliphatic rings. The third-order valence-electron chi connectivity index (χ3n) is 3.35. The quantitative estimate of drug-likeness (QED) is 0.311. The minimum absolute atomic E-state index is 0.822. The van der Waals surface area contributed by atoms with Gasteiger partial charge in [-0.05, 0) is 39.8 Å². The number of rotatable bonds is 3. The number of para-hydroxylation sites is 1. The average Bonchev–Trinajstić information content (AvgIpc) is 2.78. The standard InChI is InChI=1S/C9H14N.C6H7N.C6H12.3C2H6/c1-2-3-7-10-8-5-4-6-9-10;7-6-4-2-1-3-5-6;1-5(2)6(3)4;3*1-2/h4-6,8-9H,2-3,7H2,1H3;1-5H,7H2;1-4H3;3*1-2H3/q+1;;;;;. The summed E-state index contributed by atoms with van der Waals surface area (Å²) < 4.78 is 2.21. The van der Waals surface area contributed by atoms with Gasteiger partial charge >= 0.3 is 0 Å². The van der Waals surface area contributed by atoms with Crippen LogP contribution in [-0.2, 0) is 6.54 Å². The average molecular weight is 404 g/mol. The van der Waals surface area contributed by atoms with Crippen LogP contribution < -0.4 is 10.3 Å². The summed E-state index contributed by atoms with van der Waals surface area (Å²) >= 11 is 0. The molecule has 2 rings (SSSR count). The Labute approximate surface area is 183 Å². The maximum Gasteiger partial charge on any atom is 0.168 e. The first-order valence-electron chi connectivity index (χ1n) is 11.3. The first-order valence-corrected chi connectivity index (χ1v) is 11.3. The highest BCUT2D eigenvalue weighted by Gasteiger charge is 1.93. The number of aromatic nitrogens is 1. The summed E-state index contributed by atoms with van der Waals surface area (Å²) in [6.07, 6.45) is 6.75. The zero-order valence-electron chi connectivity index (χ0n) is 21.4. The maximum atomic E-state index is 5.36. The van der Waals surface area contributed by atoms with Crippen LogP contribution >= 0.6 is 0 Å². The maximum absolute atomic E-state index is 5.36. The minimum atomic E-state index is 0.822. The van der Waals surface area contributed by atoms with E-state index in [0.717, 1.165) is 12.2 Å². The largest absolute Gasteiger partial charge is 0.399 e. The number of anilines is 1. The van der Waals surface area contributed by atoms with Crippen molar-refractivity contribution in [3.63, 3.8) is 0 Å². The van der Waals surface area contributed by atoms with Gasteiger partial charge in [-0.3, -0.25) is 0 Å². The molecule has 0 aliphatic carbocycles. The van der Waals surface area contributed by atoms with E-state index in [4.69, 9.17) is 5.73 Å². The number of nitrogen functional groups attached to an aromatic ring is 1. The number of nitrogens with zero attached hydrogens (tertiary/aromatic N) is 1. The van der Waals surface area contributed by atoms with Gasteiger partial charge in [0.1, 0.15) is 6.54 Å². The van der Waals surface area contributed by atoms with E-state index in [9.17, 15) is 0 Å². The number of pyridine rings is 1. The van der Waals surface area contributed by atoms with Crippen molar-refractivity contribution >= 4 is 5.69 Å². The summed E-state index contributed by atoms with van der Waals surface area (Å²) in [6, 6.07) is 15.7. The topological polar surface area (TPSA) is 29.9 Å². The summed E-state index contributed by atoms with van der Waals surface area (Å²) in [4.78, 5) is 0. The lowest BCUT2D eigenvalue weighted by Crippen LogP contribution is -2.31. The number of unbranched alkanes of at least 4 members (excludes halogenated alkanes) is 1. The monoisotopic (exact) mass is 403 g/mol. The van der Waals surface area contributed by atoms with E-state index < -0.39 is 0 Å². The van der Waals surface area contributed by atoms with Crippen LogP contribution in [0.2, 0.25) is 0 Å². The number of allylic oxidation sites excluding steroid dienone is 2. The van der Waals surface area contributed by atoms with Crippen LogP contribution in [0.4, 0.5) is 5.69 Å². The number of hydrogen-bond acceptors (Lipinski definition) is 1. The van der Waals surface area contributed by atoms with E-state index in [1.807, 2.05) is 77.9 Å². The highest BCUT2D eigenvalue weighted by Crippen LogP contribution is 1.97. The zero-order valence-corrected chi connectivity index (χ0v) is 21.4. The lowest BCUT2D eigenvalue weighted by atomic mass is 10.2. The van der Waals surface area contributed by atoms with Crippen molar-refractivity contribution in [2.75, 3.05) is 5.73 Å². The number of hydrogen-bond donors (Lipinski definition) is 1. The van der Waals surface area contributed by atoms with Crippen molar-refractivity contribution < 1.29 is 4.57 Å². The Morgan fingerprint density at radius 3 is 1.34 bits per heavy atom. The Kier molecular flexibility index (Phi) is 36.4. The fraction of sp³-hybridized carbons (Fsp3) is 0.519. The third kappa shape index (κ3) is 30.9. The molecule has 1 aromatic carbocycles. The Hall–Kier alpha value is -2.09. The summed E-state index contributed by atoms with van der Waals surface area (Å²) in [5.74, 6) is 0. The van der Waals surface area contributed by atoms with Crippen molar-refractivity contribution in [2.45, 2.75) is 95.5 Å². The first-order chi connectivity index (χ1) is 14.0. The van der Waals surface area contributed by atoms with E-state index in [2.05, 4.69) is 63.7 Å². The van der Waals surface area contributed by atoms with Crippen LogP contribution in [0.25, 0.3) is 0 Å². The second-order valence-electron chi connectivity index (χ2n) is 5.88. The highest BCUT2D eigenvalue weighted by molar-refractivity contribution is 5.35. The molecule has 1 aromatic heterocycles. The third-order valence-corrected chi connectivity index (χ3v) is 3.35. The van der Waals surface area contributed by atoms with Gasteiger partial charge in [0.05, 0.1) is 0 Å². The molecule has 168 valence electrons. The van der Waals surface area contributed by atoms with Crippen LogP contribution in [-0.4, -0.2) is 0 Å². The van der Waals surface area contributed by atoms with Gasteiger partial charge in [0.25, 0.3) is 0 Å². The van der Waals surface area contributed by atoms with Crippen molar-refractivity contribution in [1.82, 2.24) is 0 Å². The molecule has 0 unspecified atom stereocenters. The summed E-state index contributed by atoms with van der Waals surface area (Å²) in [5.41, 5.74) is 9.03. The Morgan fingerprint density at radius 1 is 0.690 bits per heavy atom. The normalized spacial score (nSPS) is 7.69. The molecule has 2 heteroatoms. The molecule has 2 nitrogen and oxygen atoms in total. The molecule has 0 saturated carbocycles. The molecule has 29 heavy (non-hydrogen) atoms. The predicted molar refractivity (Wildman–Crippen MR) is 136 cm³/mol. The molecule has 0 atom stereocenters. The first kappa shape index (κ1) is 34.4. The van der Waals surface area contributed by atoms with E-state index in [1.165, 1.54) is 24.0 Å². The molecule has 2 aromatic rings. The molecule has 0 aliphatic heterocycles. The van der Waals surface area contributed by atoms with E-state index in [1.54, 1.807) is 0 Å². The second-order valence-corrected chi connectivity index (χ2v) is 5.88. The van der Waals surface area contributed by atoms with Gasteiger partial charge in [0.2, 0.25) is 0 Å². The number of nitrogens with two attached hydrogens (primary N) is 1. The van der Waals surface area contributed by atoms with Crippen molar-refractivity contribution in [3.8, 4) is 0 Å². The zero-order chi connectivity index (χ0) is 23.5. The van der Waals surface area contributed by atoms with Gasteiger partial charge in [-0.2, -0.15) is 0 Å². The summed E-state index contributed by atoms with van der Waals surface area (Å²) in [5, 5.41) is 0. The Bertz CT molecular complexity index is 513.